The van der Waals surface area contributed by atoms with Crippen molar-refractivity contribution in [3.05, 3.63) is 63.1 Å². The molecule has 0 radical (unpaired) electrons. The maximum atomic E-state index is 13.3. The van der Waals surface area contributed by atoms with Gasteiger partial charge in [0.1, 0.15) is 6.54 Å². The minimum atomic E-state index is -0.533. The average Bonchev–Trinajstić information content (AvgIpc) is 3.17. The number of rotatable bonds is 9. The number of carbonyl (C=O) groups excluding carboxylic acids is 1. The van der Waals surface area contributed by atoms with E-state index in [0.29, 0.717) is 17.7 Å². The molecule has 0 bridgehead atoms. The normalized spacial score (nSPS) is 12.4. The lowest BCUT2D eigenvalue weighted by Crippen LogP contribution is -2.46. The molecule has 1 N–H and O–H groups in total. The summed E-state index contributed by atoms with van der Waals surface area (Å²) in [5, 5.41) is 2.87. The fourth-order valence-corrected chi connectivity index (χ4v) is 3.39. The van der Waals surface area contributed by atoms with E-state index in [4.69, 9.17) is 0 Å². The second-order valence-electron chi connectivity index (χ2n) is 8.31. The molecule has 2 aromatic heterocycles. The van der Waals surface area contributed by atoms with E-state index < -0.39 is 11.2 Å². The van der Waals surface area contributed by atoms with Gasteiger partial charge in [0, 0.05) is 12.6 Å². The zero-order valence-corrected chi connectivity index (χ0v) is 18.7. The third-order valence-corrected chi connectivity index (χ3v) is 5.61. The number of fused-ring (bicyclic) bond motifs is 1. The molecule has 0 spiro atoms. The number of amides is 1. The van der Waals surface area contributed by atoms with E-state index in [1.54, 1.807) is 10.9 Å². The molecule has 166 valence electrons. The lowest BCUT2D eigenvalue weighted by molar-refractivity contribution is -0.122. The van der Waals surface area contributed by atoms with Crippen LogP contribution in [0, 0.1) is 5.92 Å². The van der Waals surface area contributed by atoms with Gasteiger partial charge >= 0.3 is 5.69 Å². The van der Waals surface area contributed by atoms with Gasteiger partial charge in [-0.1, -0.05) is 57.5 Å². The van der Waals surface area contributed by atoms with E-state index in [1.807, 2.05) is 51.1 Å². The van der Waals surface area contributed by atoms with Crippen molar-refractivity contribution in [1.82, 2.24) is 24.0 Å². The summed E-state index contributed by atoms with van der Waals surface area (Å²) in [6, 6.07) is 9.47. The molecule has 8 heteroatoms. The maximum Gasteiger partial charge on any atom is 0.333 e. The van der Waals surface area contributed by atoms with Crippen molar-refractivity contribution in [1.29, 1.82) is 0 Å². The fourth-order valence-electron chi connectivity index (χ4n) is 3.39. The molecule has 8 nitrogen and oxygen atoms in total. The van der Waals surface area contributed by atoms with Crippen LogP contribution in [0.4, 0.5) is 0 Å². The summed E-state index contributed by atoms with van der Waals surface area (Å²) >= 11 is 0. The van der Waals surface area contributed by atoms with Crippen LogP contribution >= 0.6 is 0 Å². The largest absolute Gasteiger partial charge is 0.352 e. The van der Waals surface area contributed by atoms with Gasteiger partial charge in [-0.05, 0) is 24.8 Å². The SMILES string of the molecule is CCCCn1cnc2c1c(=O)n(CC(=O)N[C@@H](C)C(C)C)c(=O)n2Cc1ccccc1. The zero-order chi connectivity index (χ0) is 22.5. The van der Waals surface area contributed by atoms with Crippen molar-refractivity contribution in [3.8, 4) is 0 Å². The summed E-state index contributed by atoms with van der Waals surface area (Å²) in [5.41, 5.74) is 0.604. The molecule has 3 rings (SSSR count). The Morgan fingerprint density at radius 3 is 2.45 bits per heavy atom. The number of imidazole rings is 1. The number of nitrogens with one attached hydrogen (secondary N) is 1. The standard InChI is InChI=1S/C23H31N5O3/c1-5-6-12-26-15-24-21-20(26)22(30)28(14-19(29)25-17(4)16(2)3)23(31)27(21)13-18-10-8-7-9-11-18/h7-11,15-17H,5-6,12-14H2,1-4H3,(H,25,29)/t17-/m0/s1. The van der Waals surface area contributed by atoms with E-state index in [0.717, 1.165) is 23.0 Å². The molecule has 0 aliphatic carbocycles. The van der Waals surface area contributed by atoms with Crippen LogP contribution in [-0.2, 0) is 24.4 Å². The summed E-state index contributed by atoms with van der Waals surface area (Å²) < 4.78 is 4.29. The van der Waals surface area contributed by atoms with Crippen molar-refractivity contribution in [2.45, 2.75) is 66.2 Å². The topological polar surface area (TPSA) is 90.9 Å². The van der Waals surface area contributed by atoms with E-state index >= 15 is 0 Å². The number of aryl methyl sites for hydroxylation is 1. The molecule has 1 atom stereocenters. The zero-order valence-electron chi connectivity index (χ0n) is 18.7. The monoisotopic (exact) mass is 425 g/mol. The van der Waals surface area contributed by atoms with Gasteiger partial charge in [0.15, 0.2) is 11.2 Å². The molecule has 0 unspecified atom stereocenters. The van der Waals surface area contributed by atoms with Crippen molar-refractivity contribution in [2.24, 2.45) is 5.92 Å². The van der Waals surface area contributed by atoms with Gasteiger partial charge in [-0.15, -0.1) is 0 Å². The predicted molar refractivity (Wildman–Crippen MR) is 121 cm³/mol. The number of unbranched alkanes of at least 4 members (excludes halogenated alkanes) is 1. The van der Waals surface area contributed by atoms with E-state index in [2.05, 4.69) is 17.2 Å². The highest BCUT2D eigenvalue weighted by Crippen LogP contribution is 2.11. The Morgan fingerprint density at radius 1 is 1.10 bits per heavy atom. The van der Waals surface area contributed by atoms with Crippen LogP contribution in [0.2, 0.25) is 0 Å². The molecular weight excluding hydrogens is 394 g/mol. The lowest BCUT2D eigenvalue weighted by Gasteiger charge is -2.18. The molecule has 2 heterocycles. The first-order valence-corrected chi connectivity index (χ1v) is 10.8. The Morgan fingerprint density at radius 2 is 1.81 bits per heavy atom. The smallest absolute Gasteiger partial charge is 0.333 e. The number of aromatic nitrogens is 4. The summed E-state index contributed by atoms with van der Waals surface area (Å²) in [6.07, 6.45) is 3.45. The van der Waals surface area contributed by atoms with Crippen molar-refractivity contribution in [2.75, 3.05) is 0 Å². The molecule has 0 saturated heterocycles. The number of hydrogen-bond donors (Lipinski definition) is 1. The summed E-state index contributed by atoms with van der Waals surface area (Å²) in [5.74, 6) is -0.112. The lowest BCUT2D eigenvalue weighted by atomic mass is 10.1. The van der Waals surface area contributed by atoms with Gasteiger partial charge in [-0.2, -0.15) is 0 Å². The maximum absolute atomic E-state index is 13.3. The number of hydrogen-bond acceptors (Lipinski definition) is 4. The molecule has 3 aromatic rings. The van der Waals surface area contributed by atoms with Crippen molar-refractivity contribution < 1.29 is 4.79 Å². The number of benzene rings is 1. The second-order valence-corrected chi connectivity index (χ2v) is 8.31. The van der Waals surface area contributed by atoms with E-state index in [9.17, 15) is 14.4 Å². The Balaban J connectivity index is 2.11. The van der Waals surface area contributed by atoms with Crippen molar-refractivity contribution in [3.63, 3.8) is 0 Å². The van der Waals surface area contributed by atoms with Crippen LogP contribution < -0.4 is 16.6 Å². The number of carbonyl (C=O) groups is 1. The fraction of sp³-hybridized carbons (Fsp3) is 0.478. The third-order valence-electron chi connectivity index (χ3n) is 5.61. The average molecular weight is 426 g/mol. The molecule has 0 fully saturated rings. The first kappa shape index (κ1) is 22.5. The van der Waals surface area contributed by atoms with Gasteiger partial charge in [-0.3, -0.25) is 14.2 Å². The van der Waals surface area contributed by atoms with Crippen LogP contribution in [0.1, 0.15) is 46.1 Å². The third kappa shape index (κ3) is 4.95. The van der Waals surface area contributed by atoms with Crippen LogP contribution in [0.15, 0.2) is 46.2 Å². The van der Waals surface area contributed by atoms with Gasteiger partial charge in [0.25, 0.3) is 5.56 Å². The first-order chi connectivity index (χ1) is 14.8. The van der Waals surface area contributed by atoms with E-state index in [-0.39, 0.29) is 31.0 Å². The highest BCUT2D eigenvalue weighted by molar-refractivity contribution is 5.77. The second kappa shape index (κ2) is 9.76. The molecular formula is C23H31N5O3. The van der Waals surface area contributed by atoms with E-state index in [1.165, 1.54) is 4.57 Å². The Kier molecular flexibility index (Phi) is 7.09. The Labute approximate surface area is 181 Å². The molecule has 31 heavy (non-hydrogen) atoms. The summed E-state index contributed by atoms with van der Waals surface area (Å²) in [6.45, 7) is 8.56. The van der Waals surface area contributed by atoms with Gasteiger partial charge in [0.2, 0.25) is 5.91 Å². The molecule has 1 aromatic carbocycles. The number of nitrogens with zero attached hydrogens (tertiary/aromatic N) is 4. The predicted octanol–water partition coefficient (Wildman–Crippen LogP) is 2.37. The molecule has 0 aliphatic heterocycles. The van der Waals surface area contributed by atoms with Crippen LogP contribution in [0.25, 0.3) is 11.2 Å². The molecule has 0 saturated carbocycles. The minimum absolute atomic E-state index is 0.0615. The van der Waals surface area contributed by atoms with Gasteiger partial charge < -0.3 is 9.88 Å². The Hall–Kier alpha value is -3.16. The quantitative estimate of drug-likeness (QED) is 0.570. The Bertz CT molecular complexity index is 1160. The summed E-state index contributed by atoms with van der Waals surface area (Å²) in [7, 11) is 0. The molecule has 1 amide bonds. The van der Waals surface area contributed by atoms with Gasteiger partial charge in [-0.25, -0.2) is 14.3 Å². The minimum Gasteiger partial charge on any atom is -0.352 e. The van der Waals surface area contributed by atoms with Gasteiger partial charge in [0.05, 0.1) is 12.9 Å². The summed E-state index contributed by atoms with van der Waals surface area (Å²) in [4.78, 5) is 43.5. The first-order valence-electron chi connectivity index (χ1n) is 10.8. The molecule has 0 aliphatic rings. The van der Waals surface area contributed by atoms with Crippen LogP contribution in [0.3, 0.4) is 0 Å². The highest BCUT2D eigenvalue weighted by atomic mass is 16.2. The highest BCUT2D eigenvalue weighted by Gasteiger charge is 2.20. The van der Waals surface area contributed by atoms with Crippen molar-refractivity contribution >= 4 is 17.1 Å². The van der Waals surface area contributed by atoms with Crippen LogP contribution in [0.5, 0.6) is 0 Å². The van der Waals surface area contributed by atoms with Crippen LogP contribution in [-0.4, -0.2) is 30.6 Å².